The van der Waals surface area contributed by atoms with E-state index in [0.717, 1.165) is 70.9 Å². The molecule has 6 saturated heterocycles. The average Bonchev–Trinajstić information content (AvgIpc) is 3.77. The molecule has 7 aliphatic rings. The Labute approximate surface area is 299 Å². The number of aliphatic hydroxyl groups is 1. The molecule has 6 heterocycles. The van der Waals surface area contributed by atoms with E-state index >= 15 is 0 Å². The Balaban J connectivity index is 0.964. The van der Waals surface area contributed by atoms with E-state index in [-0.39, 0.29) is 54.2 Å². The number of ketones is 1. The van der Waals surface area contributed by atoms with Crippen LogP contribution in [0.3, 0.4) is 0 Å². The number of fused-ring (bicyclic) bond motifs is 4. The van der Waals surface area contributed by atoms with E-state index in [2.05, 4.69) is 22.9 Å². The summed E-state index contributed by atoms with van der Waals surface area (Å²) in [6, 6.07) is 0.410. The molecule has 7 rings (SSSR count). The van der Waals surface area contributed by atoms with Crippen molar-refractivity contribution in [3.63, 3.8) is 0 Å². The lowest BCUT2D eigenvalue weighted by atomic mass is 9.62. The molecule has 1 spiro atoms. The first kappa shape index (κ1) is 37.1. The number of hydrogen-bond acceptors (Lipinski definition) is 11. The second-order valence-electron chi connectivity index (χ2n) is 17.7. The molecule has 15 atom stereocenters. The number of epoxide rings is 1. The van der Waals surface area contributed by atoms with Gasteiger partial charge in [-0.05, 0) is 110 Å². The van der Waals surface area contributed by atoms with Gasteiger partial charge in [-0.25, -0.2) is 4.79 Å². The summed E-state index contributed by atoms with van der Waals surface area (Å²) in [7, 11) is 0. The van der Waals surface area contributed by atoms with Crippen molar-refractivity contribution in [3.8, 4) is 0 Å². The number of carbonyl (C=O) groups excluding carboxylic acids is 2. The van der Waals surface area contributed by atoms with Crippen LogP contribution in [-0.2, 0) is 28.5 Å². The number of carbonyl (C=O) groups is 2. The quantitative estimate of drug-likeness (QED) is 0.136. The number of unbranched alkanes of at least 4 members (excludes halogenated alkanes) is 2. The summed E-state index contributed by atoms with van der Waals surface area (Å²) in [4.78, 5) is 27.3. The van der Waals surface area contributed by atoms with Crippen molar-refractivity contribution >= 4 is 11.8 Å². The van der Waals surface area contributed by atoms with Crippen LogP contribution in [0, 0.1) is 29.6 Å². The molecule has 11 heteroatoms. The minimum atomic E-state index is -0.901. The van der Waals surface area contributed by atoms with Crippen LogP contribution in [0.1, 0.15) is 124 Å². The monoisotopic (exact) mass is 702 g/mol. The van der Waals surface area contributed by atoms with Crippen molar-refractivity contribution < 1.29 is 33.6 Å². The molecule has 6 N–H and O–H groups in total. The number of Topliss-reactive ketones (excluding diaryl/α,β-unsaturated/α-hetero) is 1. The van der Waals surface area contributed by atoms with Gasteiger partial charge in [0.15, 0.2) is 5.60 Å². The highest BCUT2D eigenvalue weighted by atomic mass is 16.7. The van der Waals surface area contributed by atoms with Crippen molar-refractivity contribution in [2.24, 2.45) is 35.3 Å². The number of nitrogens with two attached hydrogens (primary N) is 1. The van der Waals surface area contributed by atoms with Gasteiger partial charge in [0.25, 0.3) is 0 Å². The Hall–Kier alpha value is -1.18. The summed E-state index contributed by atoms with van der Waals surface area (Å²) < 4.78 is 25.7. The van der Waals surface area contributed by atoms with Gasteiger partial charge in [-0.15, -0.1) is 0 Å². The third-order valence-corrected chi connectivity index (χ3v) is 13.7. The summed E-state index contributed by atoms with van der Waals surface area (Å²) in [5.41, 5.74) is 4.95. The molecule has 1 saturated carbocycles. The Kier molecular flexibility index (Phi) is 11.4. The molecule has 0 aromatic rings. The maximum Gasteiger partial charge on any atom is 0.341 e. The number of nitrogens with one attached hydrogen (secondary N) is 3. The molecule has 7 fully saturated rings. The highest BCUT2D eigenvalue weighted by Crippen LogP contribution is 2.53. The van der Waals surface area contributed by atoms with E-state index in [0.29, 0.717) is 43.3 Å². The van der Waals surface area contributed by atoms with Gasteiger partial charge in [-0.3, -0.25) is 10.1 Å². The third kappa shape index (κ3) is 7.59. The Morgan fingerprint density at radius 3 is 2.68 bits per heavy atom. The SMILES string of the molecule is CCCCCNC1CC(C2CC(CC[C@@H]3O[C@@]34CCCC[C@@H]3C5C(CC6OC(C)CC(=O)C6C5O)OC(C)(C)[C@@H]3OC4=O)CC(N)N2)CCN1. The van der Waals surface area contributed by atoms with Crippen LogP contribution in [0.15, 0.2) is 0 Å². The van der Waals surface area contributed by atoms with E-state index in [9.17, 15) is 14.7 Å². The van der Waals surface area contributed by atoms with Crippen LogP contribution in [0.5, 0.6) is 0 Å². The second-order valence-corrected chi connectivity index (χ2v) is 17.7. The standard InChI is InChI=1S/C39H66N4O7/c1-5-6-9-15-41-32-20-24(13-16-42-32)26-18-23(19-31(40)43-26)11-12-30-39(50-30)14-8-7-10-25-33-29(49-38(3,4)36(25)48-37(39)46)21-28-34(35(33)45)27(44)17-22(2)47-28/h22-26,28-36,41-43,45H,5-21,40H2,1-4H3/t22?,23?,24?,25-,26?,28?,29?,30+,31?,32?,33?,34?,35?,36-,39+/m1/s1. The molecule has 0 aromatic heterocycles. The van der Waals surface area contributed by atoms with Gasteiger partial charge in [-0.1, -0.05) is 26.2 Å². The fourth-order valence-corrected chi connectivity index (χ4v) is 11.2. The average molecular weight is 703 g/mol. The molecule has 11 unspecified atom stereocenters. The van der Waals surface area contributed by atoms with Crippen molar-refractivity contribution in [1.82, 2.24) is 16.0 Å². The molecule has 1 aliphatic carbocycles. The van der Waals surface area contributed by atoms with Gasteiger partial charge in [0, 0.05) is 30.7 Å². The normalized spacial score (nSPS) is 47.6. The molecule has 0 aromatic carbocycles. The first-order valence-electron chi connectivity index (χ1n) is 20.4. The van der Waals surface area contributed by atoms with Crippen molar-refractivity contribution in [2.75, 3.05) is 13.1 Å². The smallest absolute Gasteiger partial charge is 0.341 e. The fourth-order valence-electron chi connectivity index (χ4n) is 11.2. The van der Waals surface area contributed by atoms with E-state index in [1.54, 1.807) is 0 Å². The summed E-state index contributed by atoms with van der Waals surface area (Å²) in [5, 5.41) is 22.9. The summed E-state index contributed by atoms with van der Waals surface area (Å²) in [6.07, 6.45) is 12.1. The van der Waals surface area contributed by atoms with E-state index < -0.39 is 29.3 Å². The van der Waals surface area contributed by atoms with Crippen molar-refractivity contribution in [2.45, 2.75) is 190 Å². The van der Waals surface area contributed by atoms with Gasteiger partial charge < -0.3 is 40.4 Å². The van der Waals surface area contributed by atoms with Gasteiger partial charge in [0.05, 0.1) is 48.8 Å². The first-order chi connectivity index (χ1) is 24.0. The highest BCUT2D eigenvalue weighted by Gasteiger charge is 2.66. The zero-order valence-electron chi connectivity index (χ0n) is 31.1. The predicted molar refractivity (Wildman–Crippen MR) is 189 cm³/mol. The van der Waals surface area contributed by atoms with Crippen LogP contribution in [0.25, 0.3) is 0 Å². The molecule has 0 amide bonds. The number of piperidine rings is 2. The van der Waals surface area contributed by atoms with Gasteiger partial charge >= 0.3 is 5.97 Å². The molecule has 0 bridgehead atoms. The fraction of sp³-hybridized carbons (Fsp3) is 0.949. The Morgan fingerprint density at radius 1 is 1.02 bits per heavy atom. The van der Waals surface area contributed by atoms with Crippen molar-refractivity contribution in [1.29, 1.82) is 0 Å². The number of hydrogen-bond donors (Lipinski definition) is 5. The second kappa shape index (κ2) is 15.3. The minimum absolute atomic E-state index is 0.00729. The molecule has 6 aliphatic heterocycles. The van der Waals surface area contributed by atoms with E-state index in [1.807, 2.05) is 20.8 Å². The van der Waals surface area contributed by atoms with Gasteiger partial charge in [0.1, 0.15) is 17.5 Å². The maximum absolute atomic E-state index is 14.1. The first-order valence-corrected chi connectivity index (χ1v) is 20.4. The Bertz CT molecular complexity index is 1200. The molecular formula is C39H66N4O7. The largest absolute Gasteiger partial charge is 0.457 e. The van der Waals surface area contributed by atoms with Gasteiger partial charge in [0.2, 0.25) is 0 Å². The number of ether oxygens (including phenoxy) is 4. The lowest BCUT2D eigenvalue weighted by Crippen LogP contribution is -2.66. The van der Waals surface area contributed by atoms with Crippen LogP contribution in [0.2, 0.25) is 0 Å². The van der Waals surface area contributed by atoms with Crippen molar-refractivity contribution in [3.05, 3.63) is 0 Å². The predicted octanol–water partition coefficient (Wildman–Crippen LogP) is 3.69. The molecule has 284 valence electrons. The van der Waals surface area contributed by atoms with Crippen LogP contribution in [0.4, 0.5) is 0 Å². The van der Waals surface area contributed by atoms with Crippen LogP contribution in [-0.4, -0.2) is 96.1 Å². The number of rotatable bonds is 9. The third-order valence-electron chi connectivity index (χ3n) is 13.7. The van der Waals surface area contributed by atoms with E-state index in [4.69, 9.17) is 24.7 Å². The summed E-state index contributed by atoms with van der Waals surface area (Å²) >= 11 is 0. The topological polar surface area (TPSA) is 157 Å². The lowest BCUT2D eigenvalue weighted by Gasteiger charge is -2.57. The molecule has 0 radical (unpaired) electrons. The minimum Gasteiger partial charge on any atom is -0.457 e. The highest BCUT2D eigenvalue weighted by molar-refractivity contribution is 5.84. The molecular weight excluding hydrogens is 636 g/mol. The van der Waals surface area contributed by atoms with Crippen LogP contribution >= 0.6 is 0 Å². The molecule has 11 nitrogen and oxygen atoms in total. The van der Waals surface area contributed by atoms with Gasteiger partial charge in [-0.2, -0.15) is 0 Å². The number of aliphatic hydroxyl groups excluding tert-OH is 1. The maximum atomic E-state index is 14.1. The zero-order valence-corrected chi connectivity index (χ0v) is 31.1. The Morgan fingerprint density at radius 2 is 1.86 bits per heavy atom. The molecule has 50 heavy (non-hydrogen) atoms. The summed E-state index contributed by atoms with van der Waals surface area (Å²) in [5.74, 6) is -0.0462. The number of esters is 1. The zero-order chi connectivity index (χ0) is 35.2. The summed E-state index contributed by atoms with van der Waals surface area (Å²) in [6.45, 7) is 10.3. The van der Waals surface area contributed by atoms with Crippen LogP contribution < -0.4 is 21.7 Å². The van der Waals surface area contributed by atoms with E-state index in [1.165, 1.54) is 19.3 Å². The lowest BCUT2D eigenvalue weighted by molar-refractivity contribution is -0.278.